The molecule has 0 saturated carbocycles. The van der Waals surface area contributed by atoms with E-state index in [1.165, 1.54) is 18.2 Å². The summed E-state index contributed by atoms with van der Waals surface area (Å²) in [5, 5.41) is 19.5. The zero-order chi connectivity index (χ0) is 21.1. The highest BCUT2D eigenvalue weighted by atomic mass is 32.2. The molecule has 2 aromatic carbocycles. The quantitative estimate of drug-likeness (QED) is 0.474. The predicted molar refractivity (Wildman–Crippen MR) is 113 cm³/mol. The second kappa shape index (κ2) is 8.07. The molecule has 2 heterocycles. The second-order valence-electron chi connectivity index (χ2n) is 6.91. The first-order valence-electron chi connectivity index (χ1n) is 9.39. The van der Waals surface area contributed by atoms with Crippen molar-refractivity contribution in [1.29, 1.82) is 0 Å². The Kier molecular flexibility index (Phi) is 5.32. The summed E-state index contributed by atoms with van der Waals surface area (Å²) in [5.41, 5.74) is 1.36. The molecule has 0 bridgehead atoms. The summed E-state index contributed by atoms with van der Waals surface area (Å²) >= 11 is 0. The third kappa shape index (κ3) is 4.23. The Morgan fingerprint density at radius 1 is 0.967 bits per heavy atom. The van der Waals surface area contributed by atoms with Crippen LogP contribution in [0.15, 0.2) is 65.6 Å². The number of hydrogen-bond acceptors (Lipinski definition) is 7. The molecule has 0 atom stereocenters. The van der Waals surface area contributed by atoms with Gasteiger partial charge in [0, 0.05) is 36.5 Å². The number of non-ortho nitro benzene ring substituents is 1. The Morgan fingerprint density at radius 2 is 1.73 bits per heavy atom. The molecule has 3 aromatic rings. The monoisotopic (exact) mass is 425 g/mol. The smallest absolute Gasteiger partial charge is 0.270 e. The third-order valence-corrected chi connectivity index (χ3v) is 6.21. The van der Waals surface area contributed by atoms with Crippen molar-refractivity contribution in [3.63, 3.8) is 0 Å². The van der Waals surface area contributed by atoms with Gasteiger partial charge in [0.2, 0.25) is 0 Å². The number of nitrogens with one attached hydrogen (secondary N) is 1. The first kappa shape index (κ1) is 19.8. The molecule has 30 heavy (non-hydrogen) atoms. The topological polar surface area (TPSA) is 118 Å². The van der Waals surface area contributed by atoms with E-state index >= 15 is 0 Å². The number of benzene rings is 2. The van der Waals surface area contributed by atoms with Crippen LogP contribution in [0.2, 0.25) is 0 Å². The van der Waals surface area contributed by atoms with Gasteiger partial charge < -0.3 is 4.90 Å². The lowest BCUT2D eigenvalue weighted by Gasteiger charge is -2.15. The number of rotatable bonds is 6. The van der Waals surface area contributed by atoms with Crippen LogP contribution in [0.3, 0.4) is 0 Å². The van der Waals surface area contributed by atoms with Crippen molar-refractivity contribution in [2.24, 2.45) is 0 Å². The molecule has 1 saturated heterocycles. The molecular weight excluding hydrogens is 406 g/mol. The molecule has 0 amide bonds. The minimum atomic E-state index is -3.98. The van der Waals surface area contributed by atoms with Gasteiger partial charge in [-0.15, -0.1) is 10.2 Å². The Labute approximate surface area is 173 Å². The van der Waals surface area contributed by atoms with Crippen molar-refractivity contribution in [3.05, 3.63) is 70.8 Å². The number of hydrogen-bond donors (Lipinski definition) is 1. The number of sulfonamides is 1. The molecule has 4 rings (SSSR count). The molecule has 10 heteroatoms. The lowest BCUT2D eigenvalue weighted by Crippen LogP contribution is -2.19. The molecule has 1 aromatic heterocycles. The minimum absolute atomic E-state index is 0.183. The number of nitro groups is 1. The maximum Gasteiger partial charge on any atom is 0.270 e. The van der Waals surface area contributed by atoms with E-state index in [1.54, 1.807) is 18.2 Å². The van der Waals surface area contributed by atoms with Crippen LogP contribution >= 0.6 is 0 Å². The van der Waals surface area contributed by atoms with Crippen LogP contribution < -0.4 is 9.62 Å². The fourth-order valence-electron chi connectivity index (χ4n) is 3.31. The van der Waals surface area contributed by atoms with E-state index in [4.69, 9.17) is 0 Å². The molecule has 0 aliphatic carbocycles. The molecular formula is C20H19N5O4S. The summed E-state index contributed by atoms with van der Waals surface area (Å²) in [7, 11) is -3.98. The van der Waals surface area contributed by atoms with Crippen LogP contribution in [-0.4, -0.2) is 36.6 Å². The van der Waals surface area contributed by atoms with Crippen molar-refractivity contribution in [2.45, 2.75) is 17.7 Å². The Hall–Kier alpha value is -3.53. The van der Waals surface area contributed by atoms with Crippen molar-refractivity contribution < 1.29 is 13.3 Å². The van der Waals surface area contributed by atoms with E-state index in [0.29, 0.717) is 16.9 Å². The molecule has 0 unspecified atom stereocenters. The summed E-state index contributed by atoms with van der Waals surface area (Å²) < 4.78 is 27.8. The van der Waals surface area contributed by atoms with E-state index in [1.807, 2.05) is 18.2 Å². The SMILES string of the molecule is O=[N+]([O-])c1cccc(S(=O)(=O)Nc2cccc(-c3ccc(N4CCCC4)nn3)c2)c1. The molecule has 9 nitrogen and oxygen atoms in total. The largest absolute Gasteiger partial charge is 0.355 e. The highest BCUT2D eigenvalue weighted by molar-refractivity contribution is 7.92. The molecule has 0 radical (unpaired) electrons. The van der Waals surface area contributed by atoms with E-state index < -0.39 is 14.9 Å². The first-order valence-corrected chi connectivity index (χ1v) is 10.9. The normalized spacial score (nSPS) is 13.9. The molecule has 1 aliphatic rings. The number of nitrogens with zero attached hydrogens (tertiary/aromatic N) is 4. The van der Waals surface area contributed by atoms with Crippen molar-refractivity contribution >= 4 is 27.2 Å². The van der Waals surface area contributed by atoms with Crippen LogP contribution in [0.1, 0.15) is 12.8 Å². The summed E-state index contributed by atoms with van der Waals surface area (Å²) in [6.07, 6.45) is 2.30. The Bertz CT molecular complexity index is 1180. The fraction of sp³-hybridized carbons (Fsp3) is 0.200. The summed E-state index contributed by atoms with van der Waals surface area (Å²) in [6.45, 7) is 1.95. The average molecular weight is 425 g/mol. The molecule has 1 N–H and O–H groups in total. The summed E-state index contributed by atoms with van der Waals surface area (Å²) in [6, 6.07) is 15.4. The van der Waals surface area contributed by atoms with Gasteiger partial charge in [-0.05, 0) is 43.2 Å². The van der Waals surface area contributed by atoms with Crippen LogP contribution in [0, 0.1) is 10.1 Å². The number of anilines is 2. The van der Waals surface area contributed by atoms with Gasteiger partial charge in [-0.1, -0.05) is 18.2 Å². The molecule has 154 valence electrons. The van der Waals surface area contributed by atoms with E-state index in [-0.39, 0.29) is 10.6 Å². The van der Waals surface area contributed by atoms with Gasteiger partial charge in [-0.25, -0.2) is 8.42 Å². The first-order chi connectivity index (χ1) is 14.4. The zero-order valence-corrected chi connectivity index (χ0v) is 16.7. The zero-order valence-electron chi connectivity index (χ0n) is 15.9. The predicted octanol–water partition coefficient (Wildman–Crippen LogP) is 3.45. The van der Waals surface area contributed by atoms with Gasteiger partial charge in [0.25, 0.3) is 15.7 Å². The fourth-order valence-corrected chi connectivity index (χ4v) is 4.40. The standard InChI is InChI=1S/C20H19N5O4S/c26-25(27)17-7-4-8-18(14-17)30(28,29)23-16-6-3-5-15(13-16)19-9-10-20(22-21-19)24-11-1-2-12-24/h3-10,13-14,23H,1-2,11-12H2. The van der Waals surface area contributed by atoms with Crippen LogP contribution in [0.4, 0.5) is 17.2 Å². The van der Waals surface area contributed by atoms with Crippen molar-refractivity contribution in [1.82, 2.24) is 10.2 Å². The highest BCUT2D eigenvalue weighted by Gasteiger charge is 2.18. The van der Waals surface area contributed by atoms with Gasteiger partial charge in [0.15, 0.2) is 5.82 Å². The molecule has 1 fully saturated rings. The van der Waals surface area contributed by atoms with Gasteiger partial charge >= 0.3 is 0 Å². The molecule has 0 spiro atoms. The van der Waals surface area contributed by atoms with E-state index in [9.17, 15) is 18.5 Å². The van der Waals surface area contributed by atoms with Crippen molar-refractivity contribution in [2.75, 3.05) is 22.7 Å². The molecule has 1 aliphatic heterocycles. The lowest BCUT2D eigenvalue weighted by atomic mass is 10.1. The Balaban J connectivity index is 1.56. The van der Waals surface area contributed by atoms with Gasteiger partial charge in [0.1, 0.15) is 0 Å². The highest BCUT2D eigenvalue weighted by Crippen LogP contribution is 2.25. The van der Waals surface area contributed by atoms with Crippen LogP contribution in [0.25, 0.3) is 11.3 Å². The third-order valence-electron chi connectivity index (χ3n) is 4.83. The van der Waals surface area contributed by atoms with Gasteiger partial charge in [0.05, 0.1) is 15.5 Å². The summed E-state index contributed by atoms with van der Waals surface area (Å²) in [5.74, 6) is 0.832. The van der Waals surface area contributed by atoms with Crippen LogP contribution in [0.5, 0.6) is 0 Å². The lowest BCUT2D eigenvalue weighted by molar-refractivity contribution is -0.385. The van der Waals surface area contributed by atoms with Gasteiger partial charge in [-0.2, -0.15) is 0 Å². The maximum atomic E-state index is 12.6. The maximum absolute atomic E-state index is 12.6. The van der Waals surface area contributed by atoms with Crippen LogP contribution in [-0.2, 0) is 10.0 Å². The van der Waals surface area contributed by atoms with E-state index in [2.05, 4.69) is 19.8 Å². The number of nitro benzene ring substituents is 1. The number of aromatic nitrogens is 2. The average Bonchev–Trinajstić information content (AvgIpc) is 3.29. The van der Waals surface area contributed by atoms with E-state index in [0.717, 1.165) is 37.8 Å². The Morgan fingerprint density at radius 3 is 2.43 bits per heavy atom. The minimum Gasteiger partial charge on any atom is -0.355 e. The van der Waals surface area contributed by atoms with Crippen molar-refractivity contribution in [3.8, 4) is 11.3 Å². The van der Waals surface area contributed by atoms with Gasteiger partial charge in [-0.3, -0.25) is 14.8 Å². The summed E-state index contributed by atoms with van der Waals surface area (Å²) in [4.78, 5) is 12.3. The second-order valence-corrected chi connectivity index (χ2v) is 8.59.